The Balaban J connectivity index is 2.07. The number of carbonyl (C=O) groups is 1. The Bertz CT molecular complexity index is 410. The fourth-order valence-corrected chi connectivity index (χ4v) is 2.45. The van der Waals surface area contributed by atoms with Crippen molar-refractivity contribution in [1.82, 2.24) is 15.6 Å². The number of carbonyl (C=O) groups excluding carboxylic acids is 1. The lowest BCUT2D eigenvalue weighted by Gasteiger charge is -2.30. The fraction of sp³-hybridized carbons (Fsp3) is 0.500. The Labute approximate surface area is 106 Å². The third kappa shape index (κ3) is 3.17. The lowest BCUT2D eigenvalue weighted by Crippen LogP contribution is -2.43. The van der Waals surface area contributed by atoms with Crippen LogP contribution in [-0.2, 0) is 4.79 Å². The molecule has 2 atom stereocenters. The van der Waals surface area contributed by atoms with E-state index < -0.39 is 0 Å². The molecule has 2 rings (SSSR count). The van der Waals surface area contributed by atoms with Crippen LogP contribution in [0.1, 0.15) is 31.5 Å². The summed E-state index contributed by atoms with van der Waals surface area (Å²) < 4.78 is 0. The summed E-state index contributed by atoms with van der Waals surface area (Å²) in [4.78, 5) is 15.4. The molecule has 0 spiro atoms. The summed E-state index contributed by atoms with van der Waals surface area (Å²) in [5.41, 5.74) is 0.865. The Morgan fingerprint density at radius 3 is 3.18 bits per heavy atom. The number of amides is 1. The van der Waals surface area contributed by atoms with Gasteiger partial charge in [-0.05, 0) is 31.5 Å². The van der Waals surface area contributed by atoms with E-state index in [9.17, 15) is 4.79 Å². The molecular weight excluding hydrogens is 238 g/mol. The second-order valence-corrected chi connectivity index (χ2v) is 4.71. The third-order valence-electron chi connectivity index (χ3n) is 2.93. The van der Waals surface area contributed by atoms with Crippen molar-refractivity contribution in [2.24, 2.45) is 0 Å². The number of hydrogen-bond acceptors (Lipinski definition) is 3. The van der Waals surface area contributed by atoms with Gasteiger partial charge in [0.15, 0.2) is 0 Å². The molecule has 0 saturated carbocycles. The van der Waals surface area contributed by atoms with Crippen LogP contribution in [0.25, 0.3) is 0 Å². The maximum atomic E-state index is 11.0. The summed E-state index contributed by atoms with van der Waals surface area (Å²) in [7, 11) is 0. The second-order valence-electron chi connectivity index (χ2n) is 4.30. The predicted octanol–water partition coefficient (Wildman–Crippen LogP) is 1.66. The first-order chi connectivity index (χ1) is 8.16. The molecule has 2 heterocycles. The number of halogens is 1. The van der Waals surface area contributed by atoms with Crippen LogP contribution in [0.3, 0.4) is 0 Å². The first-order valence-corrected chi connectivity index (χ1v) is 6.15. The average molecular weight is 254 g/mol. The van der Waals surface area contributed by atoms with Crippen LogP contribution in [0.5, 0.6) is 0 Å². The second kappa shape index (κ2) is 5.47. The molecule has 92 valence electrons. The van der Waals surface area contributed by atoms with Gasteiger partial charge in [0.25, 0.3) is 0 Å². The number of pyridine rings is 1. The highest BCUT2D eigenvalue weighted by Gasteiger charge is 2.25. The van der Waals surface area contributed by atoms with Crippen molar-refractivity contribution in [3.63, 3.8) is 0 Å². The van der Waals surface area contributed by atoms with E-state index in [0.717, 1.165) is 25.1 Å². The topological polar surface area (TPSA) is 54.0 Å². The Morgan fingerprint density at radius 2 is 2.47 bits per heavy atom. The van der Waals surface area contributed by atoms with Crippen LogP contribution in [0, 0.1) is 0 Å². The Kier molecular flexibility index (Phi) is 3.97. The molecule has 0 radical (unpaired) electrons. The third-order valence-corrected chi connectivity index (χ3v) is 3.25. The largest absolute Gasteiger partial charge is 0.353 e. The molecule has 5 heteroatoms. The molecule has 2 N–H and O–H groups in total. The Hall–Kier alpha value is -1.13. The lowest BCUT2D eigenvalue weighted by molar-refractivity contribution is -0.119. The maximum Gasteiger partial charge on any atom is 0.217 e. The van der Waals surface area contributed by atoms with Crippen LogP contribution in [-0.4, -0.2) is 23.5 Å². The van der Waals surface area contributed by atoms with E-state index in [4.69, 9.17) is 11.6 Å². The highest BCUT2D eigenvalue weighted by atomic mass is 35.5. The summed E-state index contributed by atoms with van der Waals surface area (Å²) in [6.07, 6.45) is 3.52. The standard InChI is InChI=1S/C12H16ClN3O/c1-8(17)16-9-4-6-14-11(7-9)12-10(13)3-2-5-15-12/h2-3,5,9,11,14H,4,6-7H2,1H3,(H,16,17). The van der Waals surface area contributed by atoms with E-state index in [1.165, 1.54) is 0 Å². The summed E-state index contributed by atoms with van der Waals surface area (Å²) in [6, 6.07) is 3.99. The Morgan fingerprint density at radius 1 is 1.65 bits per heavy atom. The van der Waals surface area contributed by atoms with Gasteiger partial charge in [0.1, 0.15) is 0 Å². The molecule has 1 saturated heterocycles. The van der Waals surface area contributed by atoms with Crippen LogP contribution < -0.4 is 10.6 Å². The van der Waals surface area contributed by atoms with Gasteiger partial charge in [-0.3, -0.25) is 9.78 Å². The first-order valence-electron chi connectivity index (χ1n) is 5.77. The summed E-state index contributed by atoms with van der Waals surface area (Å²) in [5, 5.41) is 7.01. The van der Waals surface area contributed by atoms with Crippen molar-refractivity contribution in [2.75, 3.05) is 6.54 Å². The van der Waals surface area contributed by atoms with Crippen LogP contribution in [0.4, 0.5) is 0 Å². The van der Waals surface area contributed by atoms with Gasteiger partial charge in [-0.1, -0.05) is 11.6 Å². The highest BCUT2D eigenvalue weighted by molar-refractivity contribution is 6.31. The van der Waals surface area contributed by atoms with Gasteiger partial charge < -0.3 is 10.6 Å². The maximum absolute atomic E-state index is 11.0. The monoisotopic (exact) mass is 253 g/mol. The zero-order chi connectivity index (χ0) is 12.3. The van der Waals surface area contributed by atoms with E-state index in [1.807, 2.05) is 12.1 Å². The van der Waals surface area contributed by atoms with Crippen LogP contribution >= 0.6 is 11.6 Å². The van der Waals surface area contributed by atoms with Crippen molar-refractivity contribution >= 4 is 17.5 Å². The van der Waals surface area contributed by atoms with Gasteiger partial charge in [0.2, 0.25) is 5.91 Å². The molecule has 2 unspecified atom stereocenters. The molecule has 4 nitrogen and oxygen atoms in total. The molecule has 1 aromatic rings. The van der Waals surface area contributed by atoms with Gasteiger partial charge in [-0.2, -0.15) is 0 Å². The number of nitrogens with one attached hydrogen (secondary N) is 2. The molecule has 17 heavy (non-hydrogen) atoms. The average Bonchev–Trinajstić information content (AvgIpc) is 2.29. The van der Waals surface area contributed by atoms with Gasteiger partial charge >= 0.3 is 0 Å². The molecule has 0 bridgehead atoms. The number of nitrogens with zero attached hydrogens (tertiary/aromatic N) is 1. The fourth-order valence-electron chi connectivity index (χ4n) is 2.20. The minimum atomic E-state index is 0.0165. The number of hydrogen-bond donors (Lipinski definition) is 2. The highest BCUT2D eigenvalue weighted by Crippen LogP contribution is 2.26. The number of rotatable bonds is 2. The molecular formula is C12H16ClN3O. The summed E-state index contributed by atoms with van der Waals surface area (Å²) in [6.45, 7) is 2.41. The minimum Gasteiger partial charge on any atom is -0.353 e. The van der Waals surface area contributed by atoms with Gasteiger partial charge in [0.05, 0.1) is 16.8 Å². The summed E-state index contributed by atoms with van der Waals surface area (Å²) in [5.74, 6) is 0.0165. The molecule has 0 aromatic carbocycles. The normalized spacial score (nSPS) is 24.4. The van der Waals surface area contributed by atoms with Gasteiger partial charge in [-0.15, -0.1) is 0 Å². The van der Waals surface area contributed by atoms with Crippen molar-refractivity contribution in [3.8, 4) is 0 Å². The van der Waals surface area contributed by atoms with E-state index in [2.05, 4.69) is 15.6 Å². The quantitative estimate of drug-likeness (QED) is 0.843. The van der Waals surface area contributed by atoms with Crippen molar-refractivity contribution < 1.29 is 4.79 Å². The molecule has 1 fully saturated rings. The van der Waals surface area contributed by atoms with Crippen molar-refractivity contribution in [1.29, 1.82) is 0 Å². The first kappa shape index (κ1) is 12.3. The van der Waals surface area contributed by atoms with Gasteiger partial charge in [0, 0.05) is 19.2 Å². The van der Waals surface area contributed by atoms with Crippen LogP contribution in [0.15, 0.2) is 18.3 Å². The van der Waals surface area contributed by atoms with E-state index in [1.54, 1.807) is 13.1 Å². The zero-order valence-corrected chi connectivity index (χ0v) is 10.5. The molecule has 1 aliphatic rings. The zero-order valence-electron chi connectivity index (χ0n) is 9.74. The number of aromatic nitrogens is 1. The predicted molar refractivity (Wildman–Crippen MR) is 66.8 cm³/mol. The lowest BCUT2D eigenvalue weighted by atomic mass is 9.96. The van der Waals surface area contributed by atoms with Crippen molar-refractivity contribution in [2.45, 2.75) is 31.8 Å². The van der Waals surface area contributed by atoms with E-state index >= 15 is 0 Å². The van der Waals surface area contributed by atoms with E-state index in [0.29, 0.717) is 5.02 Å². The minimum absolute atomic E-state index is 0.0165. The molecule has 1 aromatic heterocycles. The van der Waals surface area contributed by atoms with Crippen LogP contribution in [0.2, 0.25) is 5.02 Å². The number of piperidine rings is 1. The van der Waals surface area contributed by atoms with Gasteiger partial charge in [-0.25, -0.2) is 0 Å². The summed E-state index contributed by atoms with van der Waals surface area (Å²) >= 11 is 6.12. The molecule has 1 amide bonds. The molecule has 0 aliphatic carbocycles. The van der Waals surface area contributed by atoms with E-state index in [-0.39, 0.29) is 18.0 Å². The molecule has 1 aliphatic heterocycles. The van der Waals surface area contributed by atoms with Crippen molar-refractivity contribution in [3.05, 3.63) is 29.0 Å². The smallest absolute Gasteiger partial charge is 0.217 e. The SMILES string of the molecule is CC(=O)NC1CCNC(c2ncccc2Cl)C1.